The van der Waals surface area contributed by atoms with Crippen LogP contribution in [0.1, 0.15) is 51.6 Å². The molecule has 7 heteroatoms. The van der Waals surface area contributed by atoms with E-state index < -0.39 is 12.1 Å². The minimum Gasteiger partial charge on any atom is -0.493 e. The van der Waals surface area contributed by atoms with Gasteiger partial charge in [-0.1, -0.05) is 32.0 Å². The molecule has 1 aliphatic rings. The maximum absolute atomic E-state index is 12.4. The minimum atomic E-state index is -0.944. The van der Waals surface area contributed by atoms with E-state index in [-0.39, 0.29) is 24.4 Å². The molecule has 7 nitrogen and oxygen atoms in total. The number of nitrogens with one attached hydrogen (secondary N) is 2. The van der Waals surface area contributed by atoms with Crippen LogP contribution in [0.25, 0.3) is 0 Å². The molecule has 27 heavy (non-hydrogen) atoms. The van der Waals surface area contributed by atoms with Crippen molar-refractivity contribution in [1.82, 2.24) is 10.6 Å². The second-order valence-electron chi connectivity index (χ2n) is 7.08. The quantitative estimate of drug-likeness (QED) is 0.678. The summed E-state index contributed by atoms with van der Waals surface area (Å²) in [6.45, 7) is 5.84. The third-order valence-electron chi connectivity index (χ3n) is 4.33. The molecule has 0 fully saturated rings. The van der Waals surface area contributed by atoms with Gasteiger partial charge in [0.1, 0.15) is 12.3 Å². The van der Waals surface area contributed by atoms with Gasteiger partial charge in [-0.25, -0.2) is 0 Å². The number of hydrogen-bond donors (Lipinski definition) is 2. The van der Waals surface area contributed by atoms with Gasteiger partial charge in [-0.3, -0.25) is 14.4 Å². The molecule has 0 radical (unpaired) electrons. The lowest BCUT2D eigenvalue weighted by atomic mass is 10.0. The second-order valence-corrected chi connectivity index (χ2v) is 7.08. The third kappa shape index (κ3) is 6.58. The summed E-state index contributed by atoms with van der Waals surface area (Å²) in [6.07, 6.45) is 0.825. The molecule has 2 rings (SSSR count). The van der Waals surface area contributed by atoms with E-state index in [0.717, 1.165) is 17.7 Å². The second kappa shape index (κ2) is 9.94. The van der Waals surface area contributed by atoms with Crippen molar-refractivity contribution >= 4 is 17.8 Å². The van der Waals surface area contributed by atoms with Gasteiger partial charge in [0.05, 0.1) is 12.6 Å². The van der Waals surface area contributed by atoms with Crippen molar-refractivity contribution < 1.29 is 23.9 Å². The maximum Gasteiger partial charge on any atom is 0.326 e. The number of benzene rings is 1. The van der Waals surface area contributed by atoms with Gasteiger partial charge in [0.15, 0.2) is 6.10 Å². The summed E-state index contributed by atoms with van der Waals surface area (Å²) in [5, 5.41) is 5.41. The Morgan fingerprint density at radius 3 is 2.70 bits per heavy atom. The van der Waals surface area contributed by atoms with Crippen molar-refractivity contribution in [3.05, 3.63) is 29.8 Å². The number of rotatable bonds is 8. The molecule has 0 spiro atoms. The summed E-state index contributed by atoms with van der Waals surface area (Å²) in [5.74, 6) is -0.0415. The van der Waals surface area contributed by atoms with Crippen LogP contribution in [0.2, 0.25) is 0 Å². The molecule has 0 saturated heterocycles. The molecule has 0 saturated carbocycles. The fraction of sp³-hybridized carbons (Fsp3) is 0.550. The highest BCUT2D eigenvalue weighted by Crippen LogP contribution is 2.31. The first-order valence-corrected chi connectivity index (χ1v) is 9.35. The van der Waals surface area contributed by atoms with Crippen LogP contribution in [0.4, 0.5) is 0 Å². The molecule has 0 aromatic heterocycles. The molecule has 2 amide bonds. The zero-order chi connectivity index (χ0) is 19.8. The first-order valence-electron chi connectivity index (χ1n) is 9.35. The highest BCUT2D eigenvalue weighted by atomic mass is 16.5. The molecule has 1 heterocycles. The van der Waals surface area contributed by atoms with Gasteiger partial charge in [0, 0.05) is 18.4 Å². The highest BCUT2D eigenvalue weighted by molar-refractivity contribution is 5.86. The number of carbonyl (C=O) groups is 3. The summed E-state index contributed by atoms with van der Waals surface area (Å²) in [4.78, 5) is 35.9. The molecule has 2 unspecified atom stereocenters. The van der Waals surface area contributed by atoms with Crippen molar-refractivity contribution in [3.63, 3.8) is 0 Å². The smallest absolute Gasteiger partial charge is 0.326 e. The van der Waals surface area contributed by atoms with Crippen molar-refractivity contribution in [1.29, 1.82) is 0 Å². The Morgan fingerprint density at radius 1 is 1.22 bits per heavy atom. The van der Waals surface area contributed by atoms with Crippen LogP contribution in [0, 0.1) is 5.92 Å². The van der Waals surface area contributed by atoms with E-state index in [1.165, 1.54) is 6.92 Å². The van der Waals surface area contributed by atoms with Crippen LogP contribution in [-0.2, 0) is 19.1 Å². The van der Waals surface area contributed by atoms with E-state index in [4.69, 9.17) is 9.47 Å². The summed E-state index contributed by atoms with van der Waals surface area (Å²) >= 11 is 0. The molecule has 1 aromatic rings. The Morgan fingerprint density at radius 2 is 1.96 bits per heavy atom. The van der Waals surface area contributed by atoms with Crippen molar-refractivity contribution in [2.24, 2.45) is 5.92 Å². The topological polar surface area (TPSA) is 93.7 Å². The Labute approximate surface area is 159 Å². The maximum atomic E-state index is 12.4. The van der Waals surface area contributed by atoms with Gasteiger partial charge in [-0.05, 0) is 25.3 Å². The summed E-state index contributed by atoms with van der Waals surface area (Å²) in [5.41, 5.74) is 0.910. The lowest BCUT2D eigenvalue weighted by molar-refractivity contribution is -0.154. The average Bonchev–Trinajstić information content (AvgIpc) is 2.64. The van der Waals surface area contributed by atoms with Gasteiger partial charge in [-0.15, -0.1) is 0 Å². The molecule has 1 aliphatic heterocycles. The Hall–Kier alpha value is -2.57. The van der Waals surface area contributed by atoms with Gasteiger partial charge >= 0.3 is 5.97 Å². The first kappa shape index (κ1) is 20.7. The fourth-order valence-corrected chi connectivity index (χ4v) is 2.75. The van der Waals surface area contributed by atoms with E-state index in [1.54, 1.807) is 0 Å². The van der Waals surface area contributed by atoms with Gasteiger partial charge in [0.25, 0.3) is 5.91 Å². The number of amides is 2. The van der Waals surface area contributed by atoms with Crippen LogP contribution in [-0.4, -0.2) is 37.0 Å². The number of hydrogen-bond acceptors (Lipinski definition) is 5. The highest BCUT2D eigenvalue weighted by Gasteiger charge is 2.26. The van der Waals surface area contributed by atoms with Crippen LogP contribution >= 0.6 is 0 Å². The molecular weight excluding hydrogens is 348 g/mol. The molecule has 1 aromatic carbocycles. The van der Waals surface area contributed by atoms with Gasteiger partial charge in [0.2, 0.25) is 5.91 Å². The molecule has 0 bridgehead atoms. The fourth-order valence-electron chi connectivity index (χ4n) is 2.75. The first-order chi connectivity index (χ1) is 12.9. The van der Waals surface area contributed by atoms with E-state index in [1.807, 2.05) is 38.1 Å². The molecule has 2 atom stereocenters. The standard InChI is InChI=1S/C20H28N2O5/c1-13(2)8-9-18(23)21-12-19(24)27-14(3)20(25)22-16-10-11-26-17-7-5-4-6-15(16)17/h4-7,13-14,16H,8-12H2,1-3H3,(H,21,23)(H,22,25). The van der Waals surface area contributed by atoms with E-state index in [9.17, 15) is 14.4 Å². The van der Waals surface area contributed by atoms with Gasteiger partial charge < -0.3 is 20.1 Å². The Kier molecular flexibility index (Phi) is 7.64. The average molecular weight is 376 g/mol. The Balaban J connectivity index is 1.77. The summed E-state index contributed by atoms with van der Waals surface area (Å²) < 4.78 is 10.7. The normalized spacial score (nSPS) is 16.7. The van der Waals surface area contributed by atoms with Crippen molar-refractivity contribution in [3.8, 4) is 5.75 Å². The monoisotopic (exact) mass is 376 g/mol. The number of para-hydroxylation sites is 1. The van der Waals surface area contributed by atoms with Crippen molar-refractivity contribution in [2.75, 3.05) is 13.2 Å². The number of fused-ring (bicyclic) bond motifs is 1. The number of esters is 1. The number of carbonyl (C=O) groups excluding carboxylic acids is 3. The SMILES string of the molecule is CC(C)CCC(=O)NCC(=O)OC(C)C(=O)NC1CCOc2ccccc21. The zero-order valence-electron chi connectivity index (χ0n) is 16.1. The van der Waals surface area contributed by atoms with Crippen LogP contribution in [0.3, 0.4) is 0 Å². The van der Waals surface area contributed by atoms with Gasteiger partial charge in [-0.2, -0.15) is 0 Å². The molecule has 2 N–H and O–H groups in total. The predicted octanol–water partition coefficient (Wildman–Crippen LogP) is 2.11. The summed E-state index contributed by atoms with van der Waals surface area (Å²) in [7, 11) is 0. The minimum absolute atomic E-state index is 0.181. The number of ether oxygens (including phenoxy) is 2. The lowest BCUT2D eigenvalue weighted by Crippen LogP contribution is -2.41. The van der Waals surface area contributed by atoms with Crippen LogP contribution in [0.5, 0.6) is 5.75 Å². The van der Waals surface area contributed by atoms with Crippen LogP contribution < -0.4 is 15.4 Å². The molecule has 0 aliphatic carbocycles. The third-order valence-corrected chi connectivity index (χ3v) is 4.33. The van der Waals surface area contributed by atoms with E-state index in [0.29, 0.717) is 25.4 Å². The van der Waals surface area contributed by atoms with E-state index >= 15 is 0 Å². The molecule has 148 valence electrons. The van der Waals surface area contributed by atoms with Crippen LogP contribution in [0.15, 0.2) is 24.3 Å². The summed E-state index contributed by atoms with van der Waals surface area (Å²) in [6, 6.07) is 7.35. The lowest BCUT2D eigenvalue weighted by Gasteiger charge is -2.27. The van der Waals surface area contributed by atoms with Crippen molar-refractivity contribution in [2.45, 2.75) is 52.2 Å². The Bertz CT molecular complexity index is 674. The zero-order valence-corrected chi connectivity index (χ0v) is 16.1. The molecular formula is C20H28N2O5. The van der Waals surface area contributed by atoms with E-state index in [2.05, 4.69) is 10.6 Å². The predicted molar refractivity (Wildman–Crippen MR) is 100 cm³/mol. The largest absolute Gasteiger partial charge is 0.493 e.